The SMILES string of the molecule is CSCCCCCCNC(=O)C(F)(F)C(F)F. The molecule has 0 aromatic rings. The van der Waals surface area contributed by atoms with Gasteiger partial charge in [-0.25, -0.2) is 8.78 Å². The number of alkyl halides is 4. The monoisotopic (exact) mass is 275 g/mol. The topological polar surface area (TPSA) is 29.1 Å². The largest absolute Gasteiger partial charge is 0.383 e. The number of nitrogens with one attached hydrogen (secondary N) is 1. The lowest BCUT2D eigenvalue weighted by Crippen LogP contribution is -2.45. The Balaban J connectivity index is 3.58. The zero-order valence-electron chi connectivity index (χ0n) is 9.65. The Bertz CT molecular complexity index is 226. The third kappa shape index (κ3) is 6.75. The first-order chi connectivity index (χ1) is 7.92. The van der Waals surface area contributed by atoms with Gasteiger partial charge in [0.25, 0.3) is 5.91 Å². The van der Waals surface area contributed by atoms with Crippen molar-refractivity contribution in [3.8, 4) is 0 Å². The normalized spacial score (nSPS) is 11.9. The highest BCUT2D eigenvalue weighted by Crippen LogP contribution is 2.22. The molecule has 0 aliphatic heterocycles. The molecular weight excluding hydrogens is 258 g/mol. The maximum atomic E-state index is 12.5. The number of rotatable bonds is 9. The summed E-state index contributed by atoms with van der Waals surface area (Å²) in [4.78, 5) is 10.7. The van der Waals surface area contributed by atoms with Crippen molar-refractivity contribution < 1.29 is 22.4 Å². The van der Waals surface area contributed by atoms with Crippen LogP contribution in [-0.2, 0) is 4.79 Å². The Hall–Kier alpha value is -0.460. The predicted octanol–water partition coefficient (Wildman–Crippen LogP) is 2.93. The number of carbonyl (C=O) groups excluding carboxylic acids is 1. The summed E-state index contributed by atoms with van der Waals surface area (Å²) in [5.74, 6) is -5.44. The molecule has 102 valence electrons. The molecule has 0 aromatic heterocycles. The molecular formula is C10H17F4NOS. The molecule has 0 spiro atoms. The third-order valence-electron chi connectivity index (χ3n) is 2.14. The van der Waals surface area contributed by atoms with Crippen molar-refractivity contribution in [3.63, 3.8) is 0 Å². The van der Waals surface area contributed by atoms with E-state index in [2.05, 4.69) is 0 Å². The Kier molecular flexibility index (Phi) is 8.37. The Labute approximate surface area is 103 Å². The highest BCUT2D eigenvalue weighted by Gasteiger charge is 2.48. The van der Waals surface area contributed by atoms with Crippen molar-refractivity contribution >= 4 is 17.7 Å². The second-order valence-electron chi connectivity index (χ2n) is 3.59. The Morgan fingerprint density at radius 1 is 1.24 bits per heavy atom. The van der Waals surface area contributed by atoms with Crippen LogP contribution in [-0.4, -0.2) is 36.8 Å². The van der Waals surface area contributed by atoms with E-state index in [4.69, 9.17) is 0 Å². The standard InChI is InChI=1S/C10H17F4NOS/c1-17-7-5-3-2-4-6-15-9(16)10(13,14)8(11)12/h8H,2-7H2,1H3,(H,15,16). The minimum Gasteiger partial charge on any atom is -0.351 e. The Morgan fingerprint density at radius 3 is 2.35 bits per heavy atom. The van der Waals surface area contributed by atoms with E-state index < -0.39 is 18.3 Å². The van der Waals surface area contributed by atoms with Crippen LogP contribution in [0.4, 0.5) is 17.6 Å². The highest BCUT2D eigenvalue weighted by molar-refractivity contribution is 7.98. The van der Waals surface area contributed by atoms with Gasteiger partial charge in [-0.15, -0.1) is 0 Å². The molecule has 0 saturated carbocycles. The summed E-state index contributed by atoms with van der Waals surface area (Å²) in [6, 6.07) is 0. The summed E-state index contributed by atoms with van der Waals surface area (Å²) in [7, 11) is 0. The van der Waals surface area contributed by atoms with Gasteiger partial charge in [0, 0.05) is 6.54 Å². The molecule has 0 radical (unpaired) electrons. The van der Waals surface area contributed by atoms with E-state index >= 15 is 0 Å². The number of carbonyl (C=O) groups is 1. The summed E-state index contributed by atoms with van der Waals surface area (Å²) in [5.41, 5.74) is 0. The number of hydrogen-bond acceptors (Lipinski definition) is 2. The zero-order chi connectivity index (χ0) is 13.3. The lowest BCUT2D eigenvalue weighted by Gasteiger charge is -2.14. The fourth-order valence-corrected chi connectivity index (χ4v) is 1.64. The summed E-state index contributed by atoms with van der Waals surface area (Å²) in [6.45, 7) is 0.0143. The predicted molar refractivity (Wildman–Crippen MR) is 60.8 cm³/mol. The maximum Gasteiger partial charge on any atom is 0.383 e. The van der Waals surface area contributed by atoms with Crippen LogP contribution in [0.5, 0.6) is 0 Å². The van der Waals surface area contributed by atoms with Crippen molar-refractivity contribution in [1.29, 1.82) is 0 Å². The van der Waals surface area contributed by atoms with Crippen molar-refractivity contribution in [3.05, 3.63) is 0 Å². The molecule has 0 aliphatic carbocycles. The van der Waals surface area contributed by atoms with Gasteiger partial charge in [-0.3, -0.25) is 4.79 Å². The van der Waals surface area contributed by atoms with Crippen LogP contribution in [0.2, 0.25) is 0 Å². The minimum absolute atomic E-state index is 0.0143. The van der Waals surface area contributed by atoms with Crippen LogP contribution in [0.25, 0.3) is 0 Å². The van der Waals surface area contributed by atoms with E-state index in [1.807, 2.05) is 11.6 Å². The number of halogens is 4. The number of amides is 1. The molecule has 7 heteroatoms. The minimum atomic E-state index is -4.58. The van der Waals surface area contributed by atoms with Gasteiger partial charge in [-0.05, 0) is 24.9 Å². The molecule has 0 saturated heterocycles. The molecule has 17 heavy (non-hydrogen) atoms. The second kappa shape index (κ2) is 8.60. The second-order valence-corrected chi connectivity index (χ2v) is 4.57. The molecule has 0 unspecified atom stereocenters. The lowest BCUT2D eigenvalue weighted by molar-refractivity contribution is -0.169. The molecule has 0 heterocycles. The number of hydrogen-bond donors (Lipinski definition) is 1. The van der Waals surface area contributed by atoms with Gasteiger partial charge in [0.1, 0.15) is 0 Å². The zero-order valence-corrected chi connectivity index (χ0v) is 10.5. The number of unbranched alkanes of at least 4 members (excludes halogenated alkanes) is 3. The van der Waals surface area contributed by atoms with Crippen LogP contribution in [0.1, 0.15) is 25.7 Å². The first kappa shape index (κ1) is 16.5. The van der Waals surface area contributed by atoms with Gasteiger partial charge < -0.3 is 5.32 Å². The van der Waals surface area contributed by atoms with E-state index in [1.54, 1.807) is 11.8 Å². The van der Waals surface area contributed by atoms with Crippen LogP contribution in [0.15, 0.2) is 0 Å². The summed E-state index contributed by atoms with van der Waals surface area (Å²) in [5, 5.41) is 1.82. The third-order valence-corrected chi connectivity index (χ3v) is 2.83. The molecule has 0 fully saturated rings. The summed E-state index contributed by atoms with van der Waals surface area (Å²) >= 11 is 1.72. The molecule has 1 N–H and O–H groups in total. The van der Waals surface area contributed by atoms with Crippen LogP contribution < -0.4 is 5.32 Å². The Morgan fingerprint density at radius 2 is 1.82 bits per heavy atom. The van der Waals surface area contributed by atoms with E-state index in [0.29, 0.717) is 6.42 Å². The van der Waals surface area contributed by atoms with E-state index in [1.165, 1.54) is 0 Å². The molecule has 1 amide bonds. The lowest BCUT2D eigenvalue weighted by atomic mass is 10.2. The van der Waals surface area contributed by atoms with Gasteiger partial charge >= 0.3 is 12.3 Å². The van der Waals surface area contributed by atoms with Crippen molar-refractivity contribution in [1.82, 2.24) is 5.32 Å². The smallest absolute Gasteiger partial charge is 0.351 e. The van der Waals surface area contributed by atoms with Gasteiger partial charge in [-0.2, -0.15) is 20.5 Å². The van der Waals surface area contributed by atoms with Crippen molar-refractivity contribution in [2.45, 2.75) is 38.0 Å². The quantitative estimate of drug-likeness (QED) is 0.518. The molecule has 0 aromatic carbocycles. The molecule has 0 aliphatic rings. The average Bonchev–Trinajstić information content (AvgIpc) is 2.27. The van der Waals surface area contributed by atoms with Gasteiger partial charge in [0.05, 0.1) is 0 Å². The van der Waals surface area contributed by atoms with Crippen LogP contribution in [0.3, 0.4) is 0 Å². The van der Waals surface area contributed by atoms with Gasteiger partial charge in [0.2, 0.25) is 0 Å². The van der Waals surface area contributed by atoms with Crippen molar-refractivity contribution in [2.75, 3.05) is 18.6 Å². The van der Waals surface area contributed by atoms with Crippen LogP contribution >= 0.6 is 11.8 Å². The van der Waals surface area contributed by atoms with Crippen LogP contribution in [0, 0.1) is 0 Å². The fraction of sp³-hybridized carbons (Fsp3) is 0.900. The van der Waals surface area contributed by atoms with Crippen molar-refractivity contribution in [2.24, 2.45) is 0 Å². The maximum absolute atomic E-state index is 12.5. The molecule has 0 rings (SSSR count). The summed E-state index contributed by atoms with van der Waals surface area (Å²) < 4.78 is 48.4. The fourth-order valence-electron chi connectivity index (χ4n) is 1.14. The first-order valence-electron chi connectivity index (χ1n) is 5.36. The molecule has 0 bridgehead atoms. The number of thioether (sulfide) groups is 1. The first-order valence-corrected chi connectivity index (χ1v) is 6.75. The molecule has 2 nitrogen and oxygen atoms in total. The van der Waals surface area contributed by atoms with Gasteiger partial charge in [-0.1, -0.05) is 12.8 Å². The van der Waals surface area contributed by atoms with E-state index in [0.717, 1.165) is 25.0 Å². The molecule has 0 atom stereocenters. The van der Waals surface area contributed by atoms with E-state index in [9.17, 15) is 22.4 Å². The summed E-state index contributed by atoms with van der Waals surface area (Å²) in [6.07, 6.45) is 1.33. The van der Waals surface area contributed by atoms with E-state index in [-0.39, 0.29) is 6.54 Å². The van der Waals surface area contributed by atoms with Gasteiger partial charge in [0.15, 0.2) is 0 Å². The average molecular weight is 275 g/mol. The highest BCUT2D eigenvalue weighted by atomic mass is 32.2.